The predicted octanol–water partition coefficient (Wildman–Crippen LogP) is 6.76. The highest BCUT2D eigenvalue weighted by atomic mass is 19.1. The second-order valence-electron chi connectivity index (χ2n) is 6.67. The zero-order chi connectivity index (χ0) is 18.4. The number of pyridine rings is 1. The molecule has 2 aromatic heterocycles. The van der Waals surface area contributed by atoms with E-state index in [2.05, 4.69) is 17.1 Å². The lowest BCUT2D eigenvalue weighted by Crippen LogP contribution is -1.88. The van der Waals surface area contributed by atoms with Crippen molar-refractivity contribution in [1.29, 1.82) is 0 Å². The quantitative estimate of drug-likeness (QED) is 0.350. The van der Waals surface area contributed by atoms with Crippen molar-refractivity contribution in [2.45, 2.75) is 6.92 Å². The largest absolute Gasteiger partial charge is 0.455 e. The maximum Gasteiger partial charge on any atom is 0.144 e. The minimum atomic E-state index is -0.203. The summed E-state index contributed by atoms with van der Waals surface area (Å²) >= 11 is 0. The van der Waals surface area contributed by atoms with Gasteiger partial charge in [-0.15, -0.1) is 0 Å². The minimum absolute atomic E-state index is 0.203. The molecule has 3 aromatic carbocycles. The van der Waals surface area contributed by atoms with Crippen LogP contribution in [0, 0.1) is 12.7 Å². The Morgan fingerprint density at radius 2 is 1.63 bits per heavy atom. The highest BCUT2D eigenvalue weighted by Crippen LogP contribution is 2.36. The molecule has 2 heterocycles. The van der Waals surface area contributed by atoms with Gasteiger partial charge in [0, 0.05) is 22.5 Å². The van der Waals surface area contributed by atoms with E-state index in [0.29, 0.717) is 5.56 Å². The average Bonchev–Trinajstić information content (AvgIpc) is 3.09. The highest BCUT2D eigenvalue weighted by molar-refractivity contribution is 6.09. The molecule has 0 radical (unpaired) electrons. The Kier molecular flexibility index (Phi) is 3.54. The molecule has 0 aliphatic heterocycles. The number of nitrogens with zero attached hydrogens (tertiary/aromatic N) is 1. The molecule has 0 N–H and O–H groups in total. The Hall–Kier alpha value is -3.46. The normalized spacial score (nSPS) is 11.3. The van der Waals surface area contributed by atoms with E-state index in [1.807, 2.05) is 48.5 Å². The maximum atomic E-state index is 14.0. The molecule has 0 bridgehead atoms. The van der Waals surface area contributed by atoms with E-state index in [9.17, 15) is 4.39 Å². The molecule has 2 nitrogen and oxygen atoms in total. The van der Waals surface area contributed by atoms with Gasteiger partial charge in [-0.05, 0) is 53.9 Å². The summed E-state index contributed by atoms with van der Waals surface area (Å²) in [7, 11) is 0. The first-order valence-corrected chi connectivity index (χ1v) is 8.84. The van der Waals surface area contributed by atoms with Crippen LogP contribution in [0.3, 0.4) is 0 Å². The van der Waals surface area contributed by atoms with Crippen LogP contribution in [0.4, 0.5) is 4.39 Å². The van der Waals surface area contributed by atoms with E-state index in [1.165, 1.54) is 0 Å². The first-order chi connectivity index (χ1) is 13.2. The van der Waals surface area contributed by atoms with E-state index < -0.39 is 0 Å². The smallest absolute Gasteiger partial charge is 0.144 e. The van der Waals surface area contributed by atoms with Crippen molar-refractivity contribution in [3.63, 3.8) is 0 Å². The van der Waals surface area contributed by atoms with Crippen LogP contribution in [0.25, 0.3) is 44.3 Å². The molecular formula is C24H16FNO. The van der Waals surface area contributed by atoms with Crippen LogP contribution >= 0.6 is 0 Å². The van der Waals surface area contributed by atoms with Gasteiger partial charge in [-0.1, -0.05) is 42.5 Å². The molecule has 5 rings (SSSR count). The van der Waals surface area contributed by atoms with Crippen LogP contribution in [0.15, 0.2) is 83.4 Å². The van der Waals surface area contributed by atoms with Gasteiger partial charge in [-0.25, -0.2) is 4.39 Å². The number of benzene rings is 3. The van der Waals surface area contributed by atoms with Gasteiger partial charge in [0.2, 0.25) is 0 Å². The van der Waals surface area contributed by atoms with Gasteiger partial charge in [0.25, 0.3) is 0 Å². The van der Waals surface area contributed by atoms with Gasteiger partial charge in [-0.2, -0.15) is 0 Å². The Balaban J connectivity index is 1.70. The van der Waals surface area contributed by atoms with Gasteiger partial charge in [0.1, 0.15) is 17.0 Å². The van der Waals surface area contributed by atoms with E-state index in [-0.39, 0.29) is 5.82 Å². The second kappa shape index (κ2) is 6.06. The molecule has 3 heteroatoms. The molecular weight excluding hydrogens is 337 g/mol. The van der Waals surface area contributed by atoms with Crippen LogP contribution in [0.2, 0.25) is 0 Å². The van der Waals surface area contributed by atoms with Crippen LogP contribution in [0.5, 0.6) is 0 Å². The molecule has 0 atom stereocenters. The molecule has 0 aliphatic carbocycles. The molecule has 0 spiro atoms. The summed E-state index contributed by atoms with van der Waals surface area (Å²) < 4.78 is 20.1. The van der Waals surface area contributed by atoms with Crippen LogP contribution in [0.1, 0.15) is 5.56 Å². The molecule has 0 unspecified atom stereocenters. The van der Waals surface area contributed by atoms with Crippen molar-refractivity contribution in [1.82, 2.24) is 4.98 Å². The summed E-state index contributed by atoms with van der Waals surface area (Å²) in [6.07, 6.45) is 1.75. The monoisotopic (exact) mass is 353 g/mol. The fraction of sp³-hybridized carbons (Fsp3) is 0.0417. The van der Waals surface area contributed by atoms with Crippen molar-refractivity contribution in [2.24, 2.45) is 0 Å². The number of hydrogen-bond donors (Lipinski definition) is 0. The van der Waals surface area contributed by atoms with Gasteiger partial charge in [0.15, 0.2) is 0 Å². The number of halogens is 1. The van der Waals surface area contributed by atoms with Crippen molar-refractivity contribution < 1.29 is 8.81 Å². The molecule has 5 aromatic rings. The number of fused-ring (bicyclic) bond motifs is 3. The SMILES string of the molecule is Cc1ccc(-c2ccnc(-c3cccc4c3oc3ccccc34)c2)cc1F. The third-order valence-electron chi connectivity index (χ3n) is 4.95. The van der Waals surface area contributed by atoms with Gasteiger partial charge < -0.3 is 4.42 Å². The van der Waals surface area contributed by atoms with Crippen molar-refractivity contribution in [3.8, 4) is 22.4 Å². The molecule has 130 valence electrons. The topological polar surface area (TPSA) is 26.0 Å². The average molecular weight is 353 g/mol. The first kappa shape index (κ1) is 15.8. The van der Waals surface area contributed by atoms with Crippen LogP contribution in [-0.2, 0) is 0 Å². The van der Waals surface area contributed by atoms with Crippen molar-refractivity contribution in [3.05, 3.63) is 90.4 Å². The van der Waals surface area contributed by atoms with Gasteiger partial charge in [-0.3, -0.25) is 4.98 Å². The second-order valence-corrected chi connectivity index (χ2v) is 6.67. The first-order valence-electron chi connectivity index (χ1n) is 8.84. The summed E-state index contributed by atoms with van der Waals surface area (Å²) in [6.45, 7) is 1.76. The Morgan fingerprint density at radius 3 is 2.52 bits per heavy atom. The van der Waals surface area contributed by atoms with E-state index >= 15 is 0 Å². The van der Waals surface area contributed by atoms with Gasteiger partial charge >= 0.3 is 0 Å². The molecule has 27 heavy (non-hydrogen) atoms. The van der Waals surface area contributed by atoms with Crippen LogP contribution < -0.4 is 0 Å². The van der Waals surface area contributed by atoms with E-state index in [1.54, 1.807) is 25.3 Å². The number of aryl methyl sites for hydroxylation is 1. The molecule has 0 amide bonds. The summed E-state index contributed by atoms with van der Waals surface area (Å²) in [6, 6.07) is 23.3. The number of para-hydroxylation sites is 2. The molecule has 0 saturated carbocycles. The number of aromatic nitrogens is 1. The Bertz CT molecular complexity index is 1300. The van der Waals surface area contributed by atoms with Crippen molar-refractivity contribution >= 4 is 21.9 Å². The summed E-state index contributed by atoms with van der Waals surface area (Å²) in [4.78, 5) is 4.54. The zero-order valence-electron chi connectivity index (χ0n) is 14.7. The third kappa shape index (κ3) is 2.59. The number of furan rings is 1. The maximum absolute atomic E-state index is 14.0. The van der Waals surface area contributed by atoms with Crippen LogP contribution in [-0.4, -0.2) is 4.98 Å². The minimum Gasteiger partial charge on any atom is -0.455 e. The number of rotatable bonds is 2. The lowest BCUT2D eigenvalue weighted by Gasteiger charge is -2.07. The standard InChI is InChI=1S/C24H16FNO/c1-15-9-10-16(13-21(15)25)17-11-12-26-22(14-17)20-7-4-6-19-18-5-2-3-8-23(18)27-24(19)20/h2-14H,1H3. The van der Waals surface area contributed by atoms with Crippen molar-refractivity contribution in [2.75, 3.05) is 0 Å². The predicted molar refractivity (Wildman–Crippen MR) is 107 cm³/mol. The lowest BCUT2D eigenvalue weighted by atomic mass is 10.0. The Labute approximate surface area is 155 Å². The molecule has 0 fully saturated rings. The van der Waals surface area contributed by atoms with E-state index in [0.717, 1.165) is 44.3 Å². The fourth-order valence-electron chi connectivity index (χ4n) is 3.48. The summed E-state index contributed by atoms with van der Waals surface area (Å²) in [5.74, 6) is -0.203. The van der Waals surface area contributed by atoms with E-state index in [4.69, 9.17) is 4.42 Å². The third-order valence-corrected chi connectivity index (χ3v) is 4.95. The fourth-order valence-corrected chi connectivity index (χ4v) is 3.48. The zero-order valence-corrected chi connectivity index (χ0v) is 14.7. The Morgan fingerprint density at radius 1 is 0.815 bits per heavy atom. The summed E-state index contributed by atoms with van der Waals surface area (Å²) in [5, 5.41) is 2.16. The lowest BCUT2D eigenvalue weighted by molar-refractivity contribution is 0.619. The molecule has 0 saturated heterocycles. The molecule has 0 aliphatic rings. The highest BCUT2D eigenvalue weighted by Gasteiger charge is 2.13. The number of hydrogen-bond acceptors (Lipinski definition) is 2. The van der Waals surface area contributed by atoms with Gasteiger partial charge in [0.05, 0.1) is 5.69 Å². The summed E-state index contributed by atoms with van der Waals surface area (Å²) in [5.41, 5.74) is 5.80.